The molecule has 2 rings (SSSR count). The van der Waals surface area contributed by atoms with Crippen LogP contribution in [0.3, 0.4) is 0 Å². The zero-order chi connectivity index (χ0) is 14.7. The van der Waals surface area contributed by atoms with Crippen LogP contribution in [-0.2, 0) is 4.79 Å². The summed E-state index contributed by atoms with van der Waals surface area (Å²) in [4.78, 5) is 23.9. The van der Waals surface area contributed by atoms with Crippen LogP contribution >= 0.6 is 35.0 Å². The number of amides is 2. The van der Waals surface area contributed by atoms with Crippen LogP contribution in [0.5, 0.6) is 0 Å². The van der Waals surface area contributed by atoms with Crippen LogP contribution in [0.2, 0.25) is 10.0 Å². The summed E-state index contributed by atoms with van der Waals surface area (Å²) in [6, 6.07) is 4.61. The van der Waals surface area contributed by atoms with Crippen LogP contribution < -0.4 is 5.32 Å². The van der Waals surface area contributed by atoms with Crippen molar-refractivity contribution in [2.75, 3.05) is 6.54 Å². The Labute approximate surface area is 130 Å². The third-order valence-electron chi connectivity index (χ3n) is 2.54. The van der Waals surface area contributed by atoms with Crippen LogP contribution in [0.15, 0.2) is 42.1 Å². The van der Waals surface area contributed by atoms with Gasteiger partial charge in [0.25, 0.3) is 11.8 Å². The lowest BCUT2D eigenvalue weighted by molar-refractivity contribution is -0.116. The van der Waals surface area contributed by atoms with Gasteiger partial charge in [-0.05, 0) is 12.1 Å². The van der Waals surface area contributed by atoms with Crippen molar-refractivity contribution in [3.05, 3.63) is 57.7 Å². The van der Waals surface area contributed by atoms with E-state index in [0.29, 0.717) is 6.54 Å². The van der Waals surface area contributed by atoms with E-state index in [2.05, 4.69) is 5.32 Å². The van der Waals surface area contributed by atoms with Crippen LogP contribution in [-0.4, -0.2) is 22.8 Å². The molecule has 0 aliphatic carbocycles. The maximum Gasteiger partial charge on any atom is 0.259 e. The average Bonchev–Trinajstić information content (AvgIpc) is 2.41. The topological polar surface area (TPSA) is 49.4 Å². The number of hydrogen-bond donors (Lipinski definition) is 1. The molecule has 1 aliphatic rings. The summed E-state index contributed by atoms with van der Waals surface area (Å²) >= 11 is 17.5. The second-order valence-corrected chi connectivity index (χ2v) is 5.17. The van der Waals surface area contributed by atoms with Crippen molar-refractivity contribution in [2.45, 2.75) is 0 Å². The first-order chi connectivity index (χ1) is 9.49. The highest BCUT2D eigenvalue weighted by atomic mass is 35.5. The number of nitrogens with zero attached hydrogens (tertiary/aromatic N) is 1. The quantitative estimate of drug-likeness (QED) is 0.669. The molecule has 0 saturated carbocycles. The highest BCUT2D eigenvalue weighted by Crippen LogP contribution is 2.25. The maximum absolute atomic E-state index is 12.0. The molecule has 0 aromatic heterocycles. The molecule has 2 amide bonds. The van der Waals surface area contributed by atoms with Crippen molar-refractivity contribution in [1.29, 1.82) is 0 Å². The summed E-state index contributed by atoms with van der Waals surface area (Å²) in [5.41, 5.74) is 0.411. The Morgan fingerprint density at radius 2 is 1.95 bits per heavy atom. The molecule has 0 radical (unpaired) electrons. The summed E-state index contributed by atoms with van der Waals surface area (Å²) in [6.07, 6.45) is 4.73. The first kappa shape index (κ1) is 14.9. The lowest BCUT2D eigenvalue weighted by Crippen LogP contribution is -2.32. The molecule has 0 spiro atoms. The van der Waals surface area contributed by atoms with Crippen LogP contribution in [0.4, 0.5) is 0 Å². The molecule has 20 heavy (non-hydrogen) atoms. The van der Waals surface area contributed by atoms with Gasteiger partial charge in [0.05, 0.1) is 27.7 Å². The fraction of sp³-hybridized carbons (Fsp3) is 0.0769. The fourth-order valence-corrected chi connectivity index (χ4v) is 2.15. The second-order valence-electron chi connectivity index (χ2n) is 3.95. The summed E-state index contributed by atoms with van der Waals surface area (Å²) in [5.74, 6) is -1.18. The van der Waals surface area contributed by atoms with E-state index in [0.717, 1.165) is 0 Å². The predicted octanol–water partition coefficient (Wildman–Crippen LogP) is 3.16. The van der Waals surface area contributed by atoms with E-state index in [1.165, 1.54) is 16.7 Å². The number of halogens is 3. The fourth-order valence-electron chi connectivity index (χ4n) is 1.58. The highest BCUT2D eigenvalue weighted by Gasteiger charge is 2.18. The Bertz CT molecular complexity index is 626. The van der Waals surface area contributed by atoms with Crippen molar-refractivity contribution in [3.8, 4) is 0 Å². The minimum atomic E-state index is -0.622. The zero-order valence-electron chi connectivity index (χ0n) is 10.1. The molecule has 1 aliphatic heterocycles. The second kappa shape index (κ2) is 6.31. The van der Waals surface area contributed by atoms with E-state index in [1.54, 1.807) is 24.3 Å². The molecule has 0 unspecified atom stereocenters. The van der Waals surface area contributed by atoms with Gasteiger partial charge in [0, 0.05) is 18.0 Å². The van der Waals surface area contributed by atoms with Crippen molar-refractivity contribution >= 4 is 46.8 Å². The van der Waals surface area contributed by atoms with Gasteiger partial charge in [0.1, 0.15) is 0 Å². The molecule has 7 heteroatoms. The normalized spacial score (nSPS) is 13.9. The SMILES string of the molecule is O=C(NC(=O)c1cccc(Cl)c1Cl)C1=CN(Cl)CC=C1. The Morgan fingerprint density at radius 3 is 2.65 bits per heavy atom. The molecule has 1 heterocycles. The van der Waals surface area contributed by atoms with Gasteiger partial charge in [0.2, 0.25) is 0 Å². The molecular formula is C13H9Cl3N2O2. The Kier molecular flexibility index (Phi) is 4.70. The third kappa shape index (κ3) is 3.33. The predicted molar refractivity (Wildman–Crippen MR) is 78.7 cm³/mol. The van der Waals surface area contributed by atoms with Gasteiger partial charge >= 0.3 is 0 Å². The first-order valence-corrected chi connectivity index (χ1v) is 6.69. The van der Waals surface area contributed by atoms with Crippen molar-refractivity contribution in [2.24, 2.45) is 0 Å². The van der Waals surface area contributed by atoms with E-state index in [9.17, 15) is 9.59 Å². The molecule has 0 bridgehead atoms. The highest BCUT2D eigenvalue weighted by molar-refractivity contribution is 6.44. The van der Waals surface area contributed by atoms with Crippen molar-refractivity contribution in [1.82, 2.24) is 9.74 Å². The number of carbonyl (C=O) groups is 2. The van der Waals surface area contributed by atoms with E-state index < -0.39 is 11.8 Å². The summed E-state index contributed by atoms with van der Waals surface area (Å²) in [7, 11) is 0. The standard InChI is InChI=1S/C13H9Cl3N2O2/c14-10-5-1-4-9(11(10)15)13(20)17-12(19)8-3-2-6-18(16)7-8/h1-5,7H,6H2,(H,17,19,20). The van der Waals surface area contributed by atoms with Gasteiger partial charge in [-0.1, -0.05) is 41.4 Å². The third-order valence-corrected chi connectivity index (χ3v) is 3.60. The van der Waals surface area contributed by atoms with Gasteiger partial charge in [0.15, 0.2) is 0 Å². The molecular weight excluding hydrogens is 323 g/mol. The van der Waals surface area contributed by atoms with Gasteiger partial charge in [-0.3, -0.25) is 19.3 Å². The molecule has 0 fully saturated rings. The number of nitrogens with one attached hydrogen (secondary N) is 1. The minimum absolute atomic E-state index is 0.103. The van der Waals surface area contributed by atoms with Crippen LogP contribution in [0.25, 0.3) is 0 Å². The molecule has 1 aromatic rings. The van der Waals surface area contributed by atoms with Crippen molar-refractivity contribution < 1.29 is 9.59 Å². The molecule has 1 aromatic carbocycles. The smallest absolute Gasteiger partial charge is 0.259 e. The zero-order valence-corrected chi connectivity index (χ0v) is 12.3. The minimum Gasteiger partial charge on any atom is -0.288 e. The molecule has 0 saturated heterocycles. The summed E-state index contributed by atoms with van der Waals surface area (Å²) in [5, 5.41) is 2.58. The molecule has 0 atom stereocenters. The molecule has 104 valence electrons. The summed E-state index contributed by atoms with van der Waals surface area (Å²) < 4.78 is 1.31. The maximum atomic E-state index is 12.0. The lowest BCUT2D eigenvalue weighted by Gasteiger charge is -2.14. The number of imide groups is 1. The number of rotatable bonds is 2. The van der Waals surface area contributed by atoms with Crippen molar-refractivity contribution in [3.63, 3.8) is 0 Å². The van der Waals surface area contributed by atoms with Gasteiger partial charge < -0.3 is 0 Å². The van der Waals surface area contributed by atoms with Gasteiger partial charge in [-0.25, -0.2) is 0 Å². The van der Waals surface area contributed by atoms with E-state index in [4.69, 9.17) is 35.0 Å². The molecule has 1 N–H and O–H groups in total. The first-order valence-electron chi connectivity index (χ1n) is 5.59. The van der Waals surface area contributed by atoms with Gasteiger partial charge in [-0.2, -0.15) is 0 Å². The molecule has 4 nitrogen and oxygen atoms in total. The Morgan fingerprint density at radius 1 is 1.20 bits per heavy atom. The van der Waals surface area contributed by atoms with E-state index >= 15 is 0 Å². The van der Waals surface area contributed by atoms with E-state index in [-0.39, 0.29) is 21.2 Å². The Hall–Kier alpha value is -1.49. The largest absolute Gasteiger partial charge is 0.288 e. The average molecular weight is 332 g/mol. The van der Waals surface area contributed by atoms with Gasteiger partial charge in [-0.15, -0.1) is 0 Å². The van der Waals surface area contributed by atoms with E-state index in [1.807, 2.05) is 0 Å². The number of hydrogen-bond acceptors (Lipinski definition) is 3. The summed E-state index contributed by atoms with van der Waals surface area (Å²) in [6.45, 7) is 0.492. The van der Waals surface area contributed by atoms with Crippen LogP contribution in [0, 0.1) is 0 Å². The monoisotopic (exact) mass is 330 g/mol. The number of benzene rings is 1. The van der Waals surface area contributed by atoms with Crippen LogP contribution in [0.1, 0.15) is 10.4 Å². The number of carbonyl (C=O) groups excluding carboxylic acids is 2. The Balaban J connectivity index is 2.14. The lowest BCUT2D eigenvalue weighted by atomic mass is 10.1.